The number of hydrogen-bond donors (Lipinski definition) is 1. The first-order valence-electron chi connectivity index (χ1n) is 9.06. The van der Waals surface area contributed by atoms with Gasteiger partial charge in [-0.05, 0) is 36.8 Å². The lowest BCUT2D eigenvalue weighted by molar-refractivity contribution is -0.126. The molecule has 1 aliphatic heterocycles. The summed E-state index contributed by atoms with van der Waals surface area (Å²) < 4.78 is 10.3. The maximum Gasteiger partial charge on any atom is 0.289 e. The number of rotatable bonds is 6. The normalized spacial score (nSPS) is 16.0. The number of carbonyl (C=O) groups excluding carboxylic acids is 2. The molecule has 0 spiro atoms. The highest BCUT2D eigenvalue weighted by Gasteiger charge is 2.28. The highest BCUT2D eigenvalue weighted by molar-refractivity contribution is 5.91. The zero-order valence-electron chi connectivity index (χ0n) is 15.7. The lowest BCUT2D eigenvalue weighted by Gasteiger charge is -2.37. The van der Waals surface area contributed by atoms with Gasteiger partial charge in [0.05, 0.1) is 19.4 Å². The molecule has 0 bridgehead atoms. The minimum Gasteiger partial charge on any atom is -0.497 e. The van der Waals surface area contributed by atoms with Crippen molar-refractivity contribution in [2.24, 2.45) is 0 Å². The predicted octanol–water partition coefficient (Wildman–Crippen LogP) is 1.75. The number of piperazine rings is 1. The predicted molar refractivity (Wildman–Crippen MR) is 100 cm³/mol. The van der Waals surface area contributed by atoms with Crippen LogP contribution in [0.4, 0.5) is 0 Å². The Bertz CT molecular complexity index is 750. The maximum absolute atomic E-state index is 12.5. The van der Waals surface area contributed by atoms with Crippen molar-refractivity contribution in [2.75, 3.05) is 33.3 Å². The molecule has 1 saturated heterocycles. The standard InChI is InChI=1S/C20H25N3O4/c1-15(19(24)21-14-16-5-7-17(26-2)8-6-16)22-9-11-23(12-10-22)20(25)18-4-3-13-27-18/h3-8,13,15H,9-12,14H2,1-2H3,(H,21,24). The summed E-state index contributed by atoms with van der Waals surface area (Å²) in [6.45, 7) is 4.84. The molecule has 0 saturated carbocycles. The molecule has 7 nitrogen and oxygen atoms in total. The largest absolute Gasteiger partial charge is 0.497 e. The quantitative estimate of drug-likeness (QED) is 0.837. The van der Waals surface area contributed by atoms with Gasteiger partial charge in [0.2, 0.25) is 5.91 Å². The van der Waals surface area contributed by atoms with Crippen molar-refractivity contribution in [2.45, 2.75) is 19.5 Å². The molecule has 1 aliphatic rings. The second kappa shape index (κ2) is 8.73. The van der Waals surface area contributed by atoms with Crippen LogP contribution in [0.2, 0.25) is 0 Å². The Labute approximate surface area is 158 Å². The Morgan fingerprint density at radius 2 is 1.85 bits per heavy atom. The van der Waals surface area contributed by atoms with Crippen molar-refractivity contribution >= 4 is 11.8 Å². The highest BCUT2D eigenvalue weighted by atomic mass is 16.5. The molecule has 1 aromatic carbocycles. The first kappa shape index (κ1) is 19.0. The van der Waals surface area contributed by atoms with E-state index in [4.69, 9.17) is 9.15 Å². The zero-order valence-corrected chi connectivity index (χ0v) is 15.7. The summed E-state index contributed by atoms with van der Waals surface area (Å²) in [4.78, 5) is 28.6. The summed E-state index contributed by atoms with van der Waals surface area (Å²) in [6.07, 6.45) is 1.50. The van der Waals surface area contributed by atoms with E-state index in [-0.39, 0.29) is 17.9 Å². The van der Waals surface area contributed by atoms with Gasteiger partial charge in [-0.25, -0.2) is 0 Å². The van der Waals surface area contributed by atoms with Crippen molar-refractivity contribution in [3.8, 4) is 5.75 Å². The van der Waals surface area contributed by atoms with Gasteiger partial charge in [-0.3, -0.25) is 14.5 Å². The van der Waals surface area contributed by atoms with E-state index in [1.807, 2.05) is 31.2 Å². The van der Waals surface area contributed by atoms with E-state index in [1.165, 1.54) is 6.26 Å². The number of carbonyl (C=O) groups is 2. The van der Waals surface area contributed by atoms with Crippen LogP contribution in [0.1, 0.15) is 23.0 Å². The van der Waals surface area contributed by atoms with E-state index in [0.717, 1.165) is 11.3 Å². The topological polar surface area (TPSA) is 75.0 Å². The maximum atomic E-state index is 12.5. The molecule has 144 valence electrons. The van der Waals surface area contributed by atoms with Gasteiger partial charge in [0.1, 0.15) is 5.75 Å². The van der Waals surface area contributed by atoms with Gasteiger partial charge in [0.25, 0.3) is 5.91 Å². The van der Waals surface area contributed by atoms with Crippen molar-refractivity contribution in [1.29, 1.82) is 0 Å². The van der Waals surface area contributed by atoms with Crippen molar-refractivity contribution < 1.29 is 18.7 Å². The Hall–Kier alpha value is -2.80. The van der Waals surface area contributed by atoms with Crippen molar-refractivity contribution in [1.82, 2.24) is 15.1 Å². The van der Waals surface area contributed by atoms with Crippen LogP contribution in [0.3, 0.4) is 0 Å². The van der Waals surface area contributed by atoms with E-state index in [1.54, 1.807) is 24.1 Å². The fraction of sp³-hybridized carbons (Fsp3) is 0.400. The molecule has 1 aromatic heterocycles. The van der Waals surface area contributed by atoms with E-state index in [0.29, 0.717) is 38.5 Å². The molecule has 1 atom stereocenters. The second-order valence-corrected chi connectivity index (χ2v) is 6.55. The highest BCUT2D eigenvalue weighted by Crippen LogP contribution is 2.13. The van der Waals surface area contributed by atoms with Gasteiger partial charge < -0.3 is 19.4 Å². The smallest absolute Gasteiger partial charge is 0.289 e. The van der Waals surface area contributed by atoms with E-state index in [9.17, 15) is 9.59 Å². The summed E-state index contributed by atoms with van der Waals surface area (Å²) in [6, 6.07) is 10.7. The molecular weight excluding hydrogens is 346 g/mol. The van der Waals surface area contributed by atoms with Crippen LogP contribution in [-0.2, 0) is 11.3 Å². The lowest BCUT2D eigenvalue weighted by Crippen LogP contribution is -2.54. The van der Waals surface area contributed by atoms with Gasteiger partial charge in [-0.15, -0.1) is 0 Å². The number of nitrogens with zero attached hydrogens (tertiary/aromatic N) is 2. The van der Waals surface area contributed by atoms with Gasteiger partial charge in [0, 0.05) is 32.7 Å². The minimum absolute atomic E-state index is 0.0170. The molecule has 27 heavy (non-hydrogen) atoms. The minimum atomic E-state index is -0.246. The van der Waals surface area contributed by atoms with Crippen LogP contribution in [0.15, 0.2) is 47.1 Å². The molecule has 2 heterocycles. The van der Waals surface area contributed by atoms with Crippen LogP contribution < -0.4 is 10.1 Å². The Morgan fingerprint density at radius 1 is 1.15 bits per heavy atom. The molecule has 7 heteroatoms. The number of methoxy groups -OCH3 is 1. The molecule has 2 aromatic rings. The first-order chi connectivity index (χ1) is 13.1. The summed E-state index contributed by atoms with van der Waals surface area (Å²) in [5.41, 5.74) is 1.02. The van der Waals surface area contributed by atoms with E-state index < -0.39 is 0 Å². The SMILES string of the molecule is COc1ccc(CNC(=O)C(C)N2CCN(C(=O)c3ccco3)CC2)cc1. The summed E-state index contributed by atoms with van der Waals surface area (Å²) in [7, 11) is 1.63. The summed E-state index contributed by atoms with van der Waals surface area (Å²) >= 11 is 0. The van der Waals surface area contributed by atoms with Crippen molar-refractivity contribution in [3.05, 3.63) is 54.0 Å². The third kappa shape index (κ3) is 4.68. The fourth-order valence-electron chi connectivity index (χ4n) is 3.11. The van der Waals surface area contributed by atoms with Crippen LogP contribution >= 0.6 is 0 Å². The van der Waals surface area contributed by atoms with Crippen LogP contribution in [0.25, 0.3) is 0 Å². The zero-order chi connectivity index (χ0) is 19.2. The second-order valence-electron chi connectivity index (χ2n) is 6.55. The van der Waals surface area contributed by atoms with Crippen LogP contribution in [-0.4, -0.2) is 60.9 Å². The third-order valence-corrected chi connectivity index (χ3v) is 4.89. The fourth-order valence-corrected chi connectivity index (χ4v) is 3.11. The number of hydrogen-bond acceptors (Lipinski definition) is 5. The lowest BCUT2D eigenvalue weighted by atomic mass is 10.2. The number of nitrogens with one attached hydrogen (secondary N) is 1. The number of furan rings is 1. The van der Waals surface area contributed by atoms with Crippen LogP contribution in [0.5, 0.6) is 5.75 Å². The number of benzene rings is 1. The molecule has 3 rings (SSSR count). The number of ether oxygens (including phenoxy) is 1. The van der Waals surface area contributed by atoms with Crippen molar-refractivity contribution in [3.63, 3.8) is 0 Å². The molecule has 1 fully saturated rings. The Balaban J connectivity index is 1.45. The molecule has 1 unspecified atom stereocenters. The molecule has 0 aliphatic carbocycles. The van der Waals surface area contributed by atoms with E-state index >= 15 is 0 Å². The van der Waals surface area contributed by atoms with Gasteiger partial charge in [-0.1, -0.05) is 12.1 Å². The molecule has 2 amide bonds. The molecule has 0 radical (unpaired) electrons. The summed E-state index contributed by atoms with van der Waals surface area (Å²) in [5.74, 6) is 1.03. The first-order valence-corrected chi connectivity index (χ1v) is 9.06. The number of amides is 2. The average molecular weight is 371 g/mol. The third-order valence-electron chi connectivity index (χ3n) is 4.89. The average Bonchev–Trinajstić information content (AvgIpc) is 3.26. The Morgan fingerprint density at radius 3 is 2.44 bits per heavy atom. The van der Waals surface area contributed by atoms with Gasteiger partial charge >= 0.3 is 0 Å². The van der Waals surface area contributed by atoms with Crippen LogP contribution in [0, 0.1) is 0 Å². The molecular formula is C20H25N3O4. The monoisotopic (exact) mass is 371 g/mol. The molecule has 1 N–H and O–H groups in total. The summed E-state index contributed by atoms with van der Waals surface area (Å²) in [5, 5.41) is 2.97. The van der Waals surface area contributed by atoms with Gasteiger partial charge in [0.15, 0.2) is 5.76 Å². The van der Waals surface area contributed by atoms with Gasteiger partial charge in [-0.2, -0.15) is 0 Å². The Kier molecular flexibility index (Phi) is 6.13. The van der Waals surface area contributed by atoms with E-state index in [2.05, 4.69) is 10.2 Å².